The van der Waals surface area contributed by atoms with Gasteiger partial charge in [-0.1, -0.05) is 17.3 Å². The number of benzene rings is 1. The smallest absolute Gasteiger partial charge is 0.327 e. The first-order valence-electron chi connectivity index (χ1n) is 8.75. The summed E-state index contributed by atoms with van der Waals surface area (Å²) < 4.78 is 7.23. The molecule has 5 rings (SSSR count). The lowest BCUT2D eigenvalue weighted by Gasteiger charge is -2.25. The summed E-state index contributed by atoms with van der Waals surface area (Å²) in [4.78, 5) is 20.2. The Kier molecular flexibility index (Phi) is 3.16. The number of aromatic amines is 1. The molecule has 1 N–H and O–H groups in total. The molecule has 0 saturated heterocycles. The molecule has 0 spiro atoms. The van der Waals surface area contributed by atoms with Crippen LogP contribution in [0.3, 0.4) is 0 Å². The zero-order valence-corrected chi connectivity index (χ0v) is 14.6. The minimum Gasteiger partial charge on any atom is -0.361 e. The van der Waals surface area contributed by atoms with Crippen molar-refractivity contribution in [3.63, 3.8) is 0 Å². The van der Waals surface area contributed by atoms with E-state index in [0.717, 1.165) is 52.2 Å². The number of aromatic nitrogens is 4. The van der Waals surface area contributed by atoms with Gasteiger partial charge >= 0.3 is 5.69 Å². The number of aryl methyl sites for hydroxylation is 3. The fraction of sp³-hybridized carbons (Fsp3) is 0.250. The van der Waals surface area contributed by atoms with Crippen LogP contribution in [0.15, 0.2) is 45.8 Å². The van der Waals surface area contributed by atoms with Crippen LogP contribution in [-0.2, 0) is 6.42 Å². The number of imidazole rings is 1. The molecule has 26 heavy (non-hydrogen) atoms. The first-order chi connectivity index (χ1) is 12.6. The molecule has 1 atom stereocenters. The summed E-state index contributed by atoms with van der Waals surface area (Å²) >= 11 is 0. The largest absolute Gasteiger partial charge is 0.361 e. The second-order valence-corrected chi connectivity index (χ2v) is 6.80. The minimum atomic E-state index is -0.0903. The van der Waals surface area contributed by atoms with Crippen LogP contribution in [0.1, 0.15) is 35.2 Å². The standard InChI is InChI=1S/C20H18N4O2/c1-11-18(12(2)26-23-11)13-6-8-16-19-14(13)7-9-17(24(19)20(25)22-16)15-5-3-4-10-21-15/h3-6,8,10,17H,7,9H2,1-2H3,(H,22,25). The van der Waals surface area contributed by atoms with Gasteiger partial charge in [0.1, 0.15) is 5.76 Å². The maximum atomic E-state index is 12.7. The van der Waals surface area contributed by atoms with Gasteiger partial charge in [-0.25, -0.2) is 4.79 Å². The molecule has 0 fully saturated rings. The highest BCUT2D eigenvalue weighted by Gasteiger charge is 2.29. The Morgan fingerprint density at radius 2 is 2.12 bits per heavy atom. The third kappa shape index (κ3) is 2.02. The van der Waals surface area contributed by atoms with Crippen molar-refractivity contribution in [2.24, 2.45) is 0 Å². The Bertz CT molecular complexity index is 1160. The summed E-state index contributed by atoms with van der Waals surface area (Å²) in [5.74, 6) is 0.800. The van der Waals surface area contributed by atoms with Gasteiger partial charge in [0.25, 0.3) is 0 Å². The van der Waals surface area contributed by atoms with Crippen molar-refractivity contribution < 1.29 is 4.52 Å². The van der Waals surface area contributed by atoms with E-state index < -0.39 is 0 Å². The Morgan fingerprint density at radius 3 is 2.85 bits per heavy atom. The van der Waals surface area contributed by atoms with Crippen LogP contribution in [-0.4, -0.2) is 19.7 Å². The molecule has 0 saturated carbocycles. The number of hydrogen-bond donors (Lipinski definition) is 1. The molecule has 0 amide bonds. The van der Waals surface area contributed by atoms with Crippen molar-refractivity contribution in [3.05, 3.63) is 69.7 Å². The van der Waals surface area contributed by atoms with Crippen LogP contribution in [0.2, 0.25) is 0 Å². The highest BCUT2D eigenvalue weighted by molar-refractivity contribution is 5.89. The molecule has 130 valence electrons. The van der Waals surface area contributed by atoms with E-state index in [9.17, 15) is 4.79 Å². The Labute approximate surface area is 149 Å². The van der Waals surface area contributed by atoms with Gasteiger partial charge in [0.05, 0.1) is 28.5 Å². The number of H-pyrrole nitrogens is 1. The van der Waals surface area contributed by atoms with E-state index in [1.165, 1.54) is 5.56 Å². The number of hydrogen-bond acceptors (Lipinski definition) is 4. The van der Waals surface area contributed by atoms with Crippen LogP contribution in [0.5, 0.6) is 0 Å². The van der Waals surface area contributed by atoms with Crippen LogP contribution in [0.4, 0.5) is 0 Å². The van der Waals surface area contributed by atoms with E-state index in [4.69, 9.17) is 4.52 Å². The van der Waals surface area contributed by atoms with Crippen molar-refractivity contribution in [2.45, 2.75) is 32.7 Å². The first-order valence-corrected chi connectivity index (χ1v) is 8.75. The second-order valence-electron chi connectivity index (χ2n) is 6.80. The van der Waals surface area contributed by atoms with Gasteiger partial charge in [-0.2, -0.15) is 0 Å². The van der Waals surface area contributed by atoms with E-state index >= 15 is 0 Å². The van der Waals surface area contributed by atoms with Crippen molar-refractivity contribution in [2.75, 3.05) is 0 Å². The monoisotopic (exact) mass is 346 g/mol. The summed E-state index contributed by atoms with van der Waals surface area (Å²) in [6, 6.07) is 9.83. The maximum absolute atomic E-state index is 12.7. The lowest BCUT2D eigenvalue weighted by Crippen LogP contribution is -2.27. The molecule has 6 heteroatoms. The number of nitrogens with one attached hydrogen (secondary N) is 1. The molecule has 0 bridgehead atoms. The molecule has 4 heterocycles. The molecule has 1 unspecified atom stereocenters. The van der Waals surface area contributed by atoms with Crippen molar-refractivity contribution in [1.29, 1.82) is 0 Å². The van der Waals surface area contributed by atoms with E-state index in [0.29, 0.717) is 0 Å². The van der Waals surface area contributed by atoms with Gasteiger partial charge in [-0.05, 0) is 56.0 Å². The molecule has 6 nitrogen and oxygen atoms in total. The lowest BCUT2D eigenvalue weighted by atomic mass is 9.89. The summed E-state index contributed by atoms with van der Waals surface area (Å²) in [6.45, 7) is 3.88. The van der Waals surface area contributed by atoms with Crippen molar-refractivity contribution in [3.8, 4) is 11.1 Å². The molecular formula is C20H18N4O2. The quantitative estimate of drug-likeness (QED) is 0.602. The van der Waals surface area contributed by atoms with Crippen LogP contribution < -0.4 is 5.69 Å². The molecule has 1 aliphatic heterocycles. The number of rotatable bonds is 2. The zero-order chi connectivity index (χ0) is 17.8. The van der Waals surface area contributed by atoms with E-state index in [1.807, 2.05) is 42.7 Å². The summed E-state index contributed by atoms with van der Waals surface area (Å²) in [6.07, 6.45) is 3.48. The molecule has 1 aromatic carbocycles. The molecule has 0 aliphatic carbocycles. The lowest BCUT2D eigenvalue weighted by molar-refractivity contribution is 0.393. The van der Waals surface area contributed by atoms with Crippen LogP contribution in [0.25, 0.3) is 22.2 Å². The normalized spacial score (nSPS) is 16.3. The summed E-state index contributed by atoms with van der Waals surface area (Å²) in [5.41, 5.74) is 6.82. The zero-order valence-electron chi connectivity index (χ0n) is 14.6. The molecular weight excluding hydrogens is 328 g/mol. The summed E-state index contributed by atoms with van der Waals surface area (Å²) in [7, 11) is 0. The van der Waals surface area contributed by atoms with E-state index in [-0.39, 0.29) is 11.7 Å². The highest BCUT2D eigenvalue weighted by atomic mass is 16.5. The van der Waals surface area contributed by atoms with Gasteiger partial charge in [-0.15, -0.1) is 0 Å². The number of nitrogens with zero attached hydrogens (tertiary/aromatic N) is 3. The van der Waals surface area contributed by atoms with Crippen LogP contribution >= 0.6 is 0 Å². The Morgan fingerprint density at radius 1 is 1.23 bits per heavy atom. The SMILES string of the molecule is Cc1noc(C)c1-c1ccc2[nH]c(=O)n3c2c1CCC3c1ccccn1. The van der Waals surface area contributed by atoms with Gasteiger partial charge in [-0.3, -0.25) is 9.55 Å². The molecule has 0 radical (unpaired) electrons. The van der Waals surface area contributed by atoms with Gasteiger partial charge < -0.3 is 9.51 Å². The fourth-order valence-corrected chi connectivity index (χ4v) is 4.20. The first kappa shape index (κ1) is 15.1. The van der Waals surface area contributed by atoms with Gasteiger partial charge in [0.2, 0.25) is 0 Å². The molecule has 3 aromatic heterocycles. The second kappa shape index (κ2) is 5.42. The Hall–Kier alpha value is -3.15. The van der Waals surface area contributed by atoms with Crippen LogP contribution in [0, 0.1) is 13.8 Å². The van der Waals surface area contributed by atoms with E-state index in [2.05, 4.69) is 21.2 Å². The van der Waals surface area contributed by atoms with E-state index in [1.54, 1.807) is 6.20 Å². The Balaban J connectivity index is 1.81. The predicted octanol–water partition coefficient (Wildman–Crippen LogP) is 3.53. The average molecular weight is 346 g/mol. The third-order valence-electron chi connectivity index (χ3n) is 5.30. The van der Waals surface area contributed by atoms with Crippen molar-refractivity contribution in [1.82, 2.24) is 19.7 Å². The predicted molar refractivity (Wildman–Crippen MR) is 98.2 cm³/mol. The van der Waals surface area contributed by atoms with Gasteiger partial charge in [0, 0.05) is 11.8 Å². The van der Waals surface area contributed by atoms with Gasteiger partial charge in [0.15, 0.2) is 0 Å². The molecule has 4 aromatic rings. The fourth-order valence-electron chi connectivity index (χ4n) is 4.20. The summed E-state index contributed by atoms with van der Waals surface area (Å²) in [5, 5.41) is 4.09. The highest BCUT2D eigenvalue weighted by Crippen LogP contribution is 2.39. The molecule has 1 aliphatic rings. The minimum absolute atomic E-state index is 0.0510. The maximum Gasteiger partial charge on any atom is 0.327 e. The average Bonchev–Trinajstić information content (AvgIpc) is 3.17. The van der Waals surface area contributed by atoms with Crippen molar-refractivity contribution >= 4 is 11.0 Å². The number of pyridine rings is 1. The topological polar surface area (TPSA) is 76.7 Å². The third-order valence-corrected chi connectivity index (χ3v) is 5.30.